The number of hydrogen-bond acceptors (Lipinski definition) is 7. The molecular formula is C18H21N5O2S. The lowest BCUT2D eigenvalue weighted by molar-refractivity contribution is -0.116. The number of carbonyl (C=O) groups is 1. The molecule has 8 heteroatoms. The number of aryl methyl sites for hydroxylation is 2. The van der Waals surface area contributed by atoms with Crippen LogP contribution in [0.1, 0.15) is 24.2 Å². The van der Waals surface area contributed by atoms with Crippen molar-refractivity contribution in [1.82, 2.24) is 15.0 Å². The number of thiazole rings is 1. The largest absolute Gasteiger partial charge is 0.497 e. The minimum Gasteiger partial charge on any atom is -0.497 e. The molecule has 7 nitrogen and oxygen atoms in total. The Labute approximate surface area is 155 Å². The van der Waals surface area contributed by atoms with Crippen molar-refractivity contribution >= 4 is 38.5 Å². The van der Waals surface area contributed by atoms with Gasteiger partial charge in [-0.2, -0.15) is 0 Å². The van der Waals surface area contributed by atoms with E-state index in [0.29, 0.717) is 30.5 Å². The first-order chi connectivity index (χ1) is 12.5. The van der Waals surface area contributed by atoms with E-state index in [2.05, 4.69) is 25.6 Å². The lowest BCUT2D eigenvalue weighted by Gasteiger charge is -2.06. The Morgan fingerprint density at radius 1 is 1.15 bits per heavy atom. The quantitative estimate of drug-likeness (QED) is 0.618. The average molecular weight is 371 g/mol. The number of amides is 1. The van der Waals surface area contributed by atoms with Crippen LogP contribution < -0.4 is 15.4 Å². The molecule has 1 amide bonds. The van der Waals surface area contributed by atoms with E-state index in [9.17, 15) is 4.79 Å². The molecule has 3 aromatic rings. The monoisotopic (exact) mass is 371 g/mol. The first-order valence-corrected chi connectivity index (χ1v) is 9.16. The molecule has 2 aromatic heterocycles. The van der Waals surface area contributed by atoms with Crippen LogP contribution in [-0.2, 0) is 4.79 Å². The van der Waals surface area contributed by atoms with Crippen LogP contribution in [0.5, 0.6) is 5.75 Å². The van der Waals surface area contributed by atoms with E-state index in [1.165, 1.54) is 11.3 Å². The predicted molar refractivity (Wildman–Crippen MR) is 104 cm³/mol. The standard InChI is InChI=1S/C18H21N5O2S/c1-11-9-12(2)21-17(20-11)19-8-4-5-16(24)23-18-22-14-7-6-13(25-3)10-15(14)26-18/h6-7,9-10H,4-5,8H2,1-3H3,(H,19,20,21)(H,22,23,24). The highest BCUT2D eigenvalue weighted by atomic mass is 32.1. The summed E-state index contributed by atoms with van der Waals surface area (Å²) in [5, 5.41) is 6.61. The molecule has 2 N–H and O–H groups in total. The molecule has 0 radical (unpaired) electrons. The molecule has 0 aliphatic heterocycles. The minimum absolute atomic E-state index is 0.0563. The van der Waals surface area contributed by atoms with Crippen LogP contribution in [0.25, 0.3) is 10.2 Å². The summed E-state index contributed by atoms with van der Waals surface area (Å²) in [5.41, 5.74) is 2.69. The number of nitrogens with one attached hydrogen (secondary N) is 2. The van der Waals surface area contributed by atoms with Crippen molar-refractivity contribution in [3.8, 4) is 5.75 Å². The molecule has 0 saturated heterocycles. The van der Waals surface area contributed by atoms with Crippen LogP contribution in [0, 0.1) is 13.8 Å². The number of aromatic nitrogens is 3. The van der Waals surface area contributed by atoms with Crippen LogP contribution >= 0.6 is 11.3 Å². The molecule has 1 aromatic carbocycles. The number of carbonyl (C=O) groups excluding carboxylic acids is 1. The summed E-state index contributed by atoms with van der Waals surface area (Å²) in [6, 6.07) is 7.57. The Balaban J connectivity index is 1.48. The molecule has 0 aliphatic rings. The number of hydrogen-bond donors (Lipinski definition) is 2. The number of ether oxygens (including phenoxy) is 1. The third-order valence-electron chi connectivity index (χ3n) is 3.69. The first-order valence-electron chi connectivity index (χ1n) is 8.34. The van der Waals surface area contributed by atoms with Crippen molar-refractivity contribution in [2.75, 3.05) is 24.3 Å². The number of methoxy groups -OCH3 is 1. The Kier molecular flexibility index (Phi) is 5.62. The van der Waals surface area contributed by atoms with Crippen molar-refractivity contribution in [3.05, 3.63) is 35.7 Å². The van der Waals surface area contributed by atoms with E-state index in [1.807, 2.05) is 38.1 Å². The molecule has 2 heterocycles. The van der Waals surface area contributed by atoms with Gasteiger partial charge in [-0.1, -0.05) is 11.3 Å². The van der Waals surface area contributed by atoms with Crippen molar-refractivity contribution in [2.45, 2.75) is 26.7 Å². The zero-order valence-electron chi connectivity index (χ0n) is 15.0. The van der Waals surface area contributed by atoms with Crippen LogP contribution in [0.2, 0.25) is 0 Å². The maximum Gasteiger partial charge on any atom is 0.226 e. The van der Waals surface area contributed by atoms with E-state index in [0.717, 1.165) is 27.4 Å². The SMILES string of the molecule is COc1ccc2nc(NC(=O)CCCNc3nc(C)cc(C)n3)sc2c1. The number of fused-ring (bicyclic) bond motifs is 1. The van der Waals surface area contributed by atoms with Gasteiger partial charge in [0, 0.05) is 24.4 Å². The van der Waals surface area contributed by atoms with Crippen molar-refractivity contribution in [3.63, 3.8) is 0 Å². The van der Waals surface area contributed by atoms with Gasteiger partial charge in [0.15, 0.2) is 5.13 Å². The number of anilines is 2. The molecule has 0 atom stereocenters. The Morgan fingerprint density at radius 3 is 2.65 bits per heavy atom. The van der Waals surface area contributed by atoms with Gasteiger partial charge in [-0.3, -0.25) is 4.79 Å². The Morgan fingerprint density at radius 2 is 1.92 bits per heavy atom. The highest BCUT2D eigenvalue weighted by molar-refractivity contribution is 7.22. The van der Waals surface area contributed by atoms with E-state index in [1.54, 1.807) is 7.11 Å². The van der Waals surface area contributed by atoms with Crippen LogP contribution in [0.15, 0.2) is 24.3 Å². The summed E-state index contributed by atoms with van der Waals surface area (Å²) in [6.45, 7) is 4.50. The summed E-state index contributed by atoms with van der Waals surface area (Å²) in [4.78, 5) is 25.2. The third kappa shape index (κ3) is 4.66. The van der Waals surface area contributed by atoms with Gasteiger partial charge in [0.2, 0.25) is 11.9 Å². The van der Waals surface area contributed by atoms with Crippen LogP contribution in [0.4, 0.5) is 11.1 Å². The molecule has 26 heavy (non-hydrogen) atoms. The van der Waals surface area contributed by atoms with Crippen molar-refractivity contribution < 1.29 is 9.53 Å². The van der Waals surface area contributed by atoms with E-state index < -0.39 is 0 Å². The molecule has 0 bridgehead atoms. The fourth-order valence-electron chi connectivity index (χ4n) is 2.52. The normalized spacial score (nSPS) is 10.7. The lowest BCUT2D eigenvalue weighted by atomic mass is 10.3. The van der Waals surface area contributed by atoms with Gasteiger partial charge in [-0.15, -0.1) is 0 Å². The smallest absolute Gasteiger partial charge is 0.226 e. The number of nitrogens with zero attached hydrogens (tertiary/aromatic N) is 3. The highest BCUT2D eigenvalue weighted by Crippen LogP contribution is 2.29. The second-order valence-electron chi connectivity index (χ2n) is 5.91. The Bertz CT molecular complexity index is 905. The van der Waals surface area contributed by atoms with Gasteiger partial charge in [0.25, 0.3) is 0 Å². The molecule has 0 aliphatic carbocycles. The van der Waals surface area contributed by atoms with Crippen LogP contribution in [0.3, 0.4) is 0 Å². The van der Waals surface area contributed by atoms with Gasteiger partial charge in [-0.05, 0) is 44.5 Å². The summed E-state index contributed by atoms with van der Waals surface area (Å²) in [6.07, 6.45) is 1.08. The molecule has 0 unspecified atom stereocenters. The maximum absolute atomic E-state index is 12.1. The Hall–Kier alpha value is -2.74. The zero-order valence-corrected chi connectivity index (χ0v) is 15.8. The second kappa shape index (κ2) is 8.09. The first kappa shape index (κ1) is 18.1. The van der Waals surface area contributed by atoms with Gasteiger partial charge in [0.1, 0.15) is 5.75 Å². The average Bonchev–Trinajstić information content (AvgIpc) is 2.99. The van der Waals surface area contributed by atoms with Gasteiger partial charge >= 0.3 is 0 Å². The highest BCUT2D eigenvalue weighted by Gasteiger charge is 2.09. The fraction of sp³-hybridized carbons (Fsp3) is 0.333. The van der Waals surface area contributed by atoms with Gasteiger partial charge < -0.3 is 15.4 Å². The molecule has 136 valence electrons. The zero-order chi connectivity index (χ0) is 18.5. The molecule has 0 saturated carbocycles. The van der Waals surface area contributed by atoms with Crippen LogP contribution in [-0.4, -0.2) is 34.5 Å². The summed E-state index contributed by atoms with van der Waals surface area (Å²) in [7, 11) is 1.63. The topological polar surface area (TPSA) is 89.0 Å². The van der Waals surface area contributed by atoms with Gasteiger partial charge in [0.05, 0.1) is 17.3 Å². The van der Waals surface area contributed by atoms with E-state index in [-0.39, 0.29) is 5.91 Å². The second-order valence-corrected chi connectivity index (χ2v) is 6.94. The van der Waals surface area contributed by atoms with E-state index >= 15 is 0 Å². The summed E-state index contributed by atoms with van der Waals surface area (Å²) in [5.74, 6) is 1.32. The summed E-state index contributed by atoms with van der Waals surface area (Å²) >= 11 is 1.44. The lowest BCUT2D eigenvalue weighted by Crippen LogP contribution is -2.14. The van der Waals surface area contributed by atoms with Gasteiger partial charge in [-0.25, -0.2) is 15.0 Å². The number of benzene rings is 1. The third-order valence-corrected chi connectivity index (χ3v) is 4.62. The fourth-order valence-corrected chi connectivity index (χ4v) is 3.43. The van der Waals surface area contributed by atoms with Crippen molar-refractivity contribution in [1.29, 1.82) is 0 Å². The minimum atomic E-state index is -0.0563. The molecule has 0 fully saturated rings. The maximum atomic E-state index is 12.1. The van der Waals surface area contributed by atoms with Crippen molar-refractivity contribution in [2.24, 2.45) is 0 Å². The summed E-state index contributed by atoms with van der Waals surface area (Å²) < 4.78 is 6.18. The predicted octanol–water partition coefficient (Wildman–Crippen LogP) is 3.54. The molecular weight excluding hydrogens is 350 g/mol. The molecule has 0 spiro atoms. The number of rotatable bonds is 7. The molecule has 3 rings (SSSR count). The van der Waals surface area contributed by atoms with E-state index in [4.69, 9.17) is 4.74 Å².